The summed E-state index contributed by atoms with van der Waals surface area (Å²) in [6, 6.07) is 12.4. The van der Waals surface area contributed by atoms with E-state index in [9.17, 15) is 4.79 Å². The minimum absolute atomic E-state index is 0.176. The van der Waals surface area contributed by atoms with E-state index >= 15 is 0 Å². The zero-order valence-corrected chi connectivity index (χ0v) is 21.7. The first kappa shape index (κ1) is 23.4. The Morgan fingerprint density at radius 2 is 1.68 bits per heavy atom. The number of nitrogens with one attached hydrogen (secondary N) is 2. The molecule has 7 rings (SSSR count). The van der Waals surface area contributed by atoms with E-state index in [1.54, 1.807) is 0 Å². The molecule has 0 atom stereocenters. The lowest BCUT2D eigenvalue weighted by molar-refractivity contribution is 0.0188. The van der Waals surface area contributed by atoms with Crippen LogP contribution in [0, 0.1) is 0 Å². The number of likely N-dealkylation sites (N-methyl/N-ethyl adjacent to an activating group) is 1. The third-order valence-corrected chi connectivity index (χ3v) is 8.36. The van der Waals surface area contributed by atoms with Gasteiger partial charge in [-0.25, -0.2) is 9.97 Å². The Morgan fingerprint density at radius 3 is 2.47 bits per heavy atom. The minimum Gasteiger partial charge on any atom is -0.486 e. The molecule has 8 heteroatoms. The summed E-state index contributed by atoms with van der Waals surface area (Å²) in [4.78, 5) is 30.4. The number of ketones is 1. The first-order chi connectivity index (χ1) is 18.6. The summed E-state index contributed by atoms with van der Waals surface area (Å²) >= 11 is 0. The van der Waals surface area contributed by atoms with Crippen LogP contribution in [0.4, 0.5) is 5.82 Å². The first-order valence-corrected chi connectivity index (χ1v) is 13.5. The number of rotatable bonds is 3. The maximum Gasteiger partial charge on any atom is 0.170 e. The summed E-state index contributed by atoms with van der Waals surface area (Å²) in [5, 5.41) is 4.41. The normalized spacial score (nSPS) is 19.5. The van der Waals surface area contributed by atoms with Crippen LogP contribution in [0.15, 0.2) is 55.0 Å². The number of carbonyl (C=O) groups excluding carboxylic acids is 1. The van der Waals surface area contributed by atoms with Crippen LogP contribution in [-0.2, 0) is 0 Å². The number of anilines is 1. The number of nitrogens with zero attached hydrogens (tertiary/aromatic N) is 4. The second-order valence-electron chi connectivity index (χ2n) is 10.9. The van der Waals surface area contributed by atoms with Gasteiger partial charge < -0.3 is 24.8 Å². The summed E-state index contributed by atoms with van der Waals surface area (Å²) < 4.78 is 6.54. The first-order valence-electron chi connectivity index (χ1n) is 13.5. The fraction of sp³-hybridized carbons (Fsp3) is 0.367. The van der Waals surface area contributed by atoms with Gasteiger partial charge in [-0.15, -0.1) is 0 Å². The van der Waals surface area contributed by atoms with Gasteiger partial charge in [0.05, 0.1) is 12.0 Å². The maximum absolute atomic E-state index is 13.0. The van der Waals surface area contributed by atoms with Crippen LogP contribution in [0.1, 0.15) is 29.6 Å². The van der Waals surface area contributed by atoms with Gasteiger partial charge in [0, 0.05) is 79.7 Å². The van der Waals surface area contributed by atoms with Crippen molar-refractivity contribution in [3.8, 4) is 28.0 Å². The minimum atomic E-state index is -0.383. The third kappa shape index (κ3) is 4.14. The molecular formula is C30H32N6O2. The van der Waals surface area contributed by atoms with Gasteiger partial charge in [0.15, 0.2) is 5.78 Å². The molecule has 2 saturated heterocycles. The summed E-state index contributed by atoms with van der Waals surface area (Å²) in [7, 11) is 2.16. The molecule has 194 valence electrons. The SMILES string of the molecule is CN1CCN(c2ccc(-c3cnc4[nH]cc(-c5ccc6c(c5)OC5(CCNCC5)CC6=O)c4c3)cn2)CC1. The van der Waals surface area contributed by atoms with E-state index in [0.29, 0.717) is 17.7 Å². The molecule has 0 saturated carbocycles. The number of carbonyl (C=O) groups is 1. The fourth-order valence-electron chi connectivity index (χ4n) is 6.00. The van der Waals surface area contributed by atoms with Crippen molar-refractivity contribution >= 4 is 22.6 Å². The number of aromatic amines is 1. The number of pyridine rings is 2. The highest BCUT2D eigenvalue weighted by Gasteiger charge is 2.41. The molecule has 3 aromatic heterocycles. The van der Waals surface area contributed by atoms with Gasteiger partial charge in [-0.3, -0.25) is 4.79 Å². The van der Waals surface area contributed by atoms with E-state index in [4.69, 9.17) is 14.7 Å². The van der Waals surface area contributed by atoms with Crippen LogP contribution < -0.4 is 15.0 Å². The zero-order valence-electron chi connectivity index (χ0n) is 21.7. The van der Waals surface area contributed by atoms with Crippen molar-refractivity contribution in [2.45, 2.75) is 24.9 Å². The van der Waals surface area contributed by atoms with Crippen molar-refractivity contribution in [3.63, 3.8) is 0 Å². The molecule has 0 bridgehead atoms. The van der Waals surface area contributed by atoms with Gasteiger partial charge in [-0.2, -0.15) is 0 Å². The summed E-state index contributed by atoms with van der Waals surface area (Å²) in [5.41, 5.74) is 5.24. The van der Waals surface area contributed by atoms with Crippen LogP contribution >= 0.6 is 0 Å². The predicted molar refractivity (Wildman–Crippen MR) is 149 cm³/mol. The number of H-pyrrole nitrogens is 1. The lowest BCUT2D eigenvalue weighted by Gasteiger charge is -2.41. The van der Waals surface area contributed by atoms with Crippen LogP contribution in [0.25, 0.3) is 33.3 Å². The van der Waals surface area contributed by atoms with Crippen molar-refractivity contribution in [3.05, 3.63) is 60.6 Å². The Balaban J connectivity index is 1.19. The molecule has 3 aliphatic heterocycles. The van der Waals surface area contributed by atoms with E-state index in [1.807, 2.05) is 36.8 Å². The molecule has 3 aliphatic rings. The number of Topliss-reactive ketones (excluding diaryl/α,β-unsaturated/α-hetero) is 1. The van der Waals surface area contributed by atoms with Gasteiger partial charge in [0.25, 0.3) is 0 Å². The van der Waals surface area contributed by atoms with Crippen LogP contribution in [0.2, 0.25) is 0 Å². The number of hydrogen-bond donors (Lipinski definition) is 2. The average molecular weight is 509 g/mol. The molecule has 1 aromatic carbocycles. The summed E-state index contributed by atoms with van der Waals surface area (Å²) in [5.74, 6) is 1.89. The Morgan fingerprint density at radius 1 is 0.895 bits per heavy atom. The monoisotopic (exact) mass is 508 g/mol. The molecule has 38 heavy (non-hydrogen) atoms. The van der Waals surface area contributed by atoms with Crippen molar-refractivity contribution in [2.24, 2.45) is 0 Å². The summed E-state index contributed by atoms with van der Waals surface area (Å²) in [6.45, 7) is 5.86. The van der Waals surface area contributed by atoms with E-state index in [-0.39, 0.29) is 11.4 Å². The van der Waals surface area contributed by atoms with Gasteiger partial charge in [0.1, 0.15) is 22.8 Å². The number of piperidine rings is 1. The summed E-state index contributed by atoms with van der Waals surface area (Å²) in [6.07, 6.45) is 7.99. The molecule has 0 radical (unpaired) electrons. The largest absolute Gasteiger partial charge is 0.486 e. The molecule has 0 unspecified atom stereocenters. The standard InChI is InChI=1S/C30H32N6O2/c1-35-10-12-36(13-11-35)28-5-3-21(17-32-28)22-14-24-25(19-34-29(24)33-18-22)20-2-4-23-26(37)16-30(38-27(23)15-20)6-8-31-9-7-30/h2-5,14-15,17-19,31H,6-13,16H2,1H3,(H,33,34). The lowest BCUT2D eigenvalue weighted by atomic mass is 9.82. The van der Waals surface area contributed by atoms with E-state index in [2.05, 4.69) is 45.3 Å². The van der Waals surface area contributed by atoms with E-state index in [1.165, 1.54) is 0 Å². The predicted octanol–water partition coefficient (Wildman–Crippen LogP) is 4.13. The fourth-order valence-corrected chi connectivity index (χ4v) is 6.00. The highest BCUT2D eigenvalue weighted by molar-refractivity contribution is 6.02. The van der Waals surface area contributed by atoms with Gasteiger partial charge in [0.2, 0.25) is 0 Å². The number of hydrogen-bond acceptors (Lipinski definition) is 7. The quantitative estimate of drug-likeness (QED) is 0.430. The molecule has 4 aromatic rings. The lowest BCUT2D eigenvalue weighted by Crippen LogP contribution is -2.49. The van der Waals surface area contributed by atoms with Crippen molar-refractivity contribution < 1.29 is 9.53 Å². The number of fused-ring (bicyclic) bond motifs is 2. The molecule has 2 fully saturated rings. The van der Waals surface area contributed by atoms with Gasteiger partial charge in [-0.05, 0) is 56.0 Å². The molecule has 1 spiro atoms. The van der Waals surface area contributed by atoms with Gasteiger partial charge >= 0.3 is 0 Å². The molecule has 0 aliphatic carbocycles. The second-order valence-corrected chi connectivity index (χ2v) is 10.9. The number of piperazine rings is 1. The molecular weight excluding hydrogens is 476 g/mol. The van der Waals surface area contributed by atoms with Crippen LogP contribution in [0.5, 0.6) is 5.75 Å². The number of benzene rings is 1. The highest BCUT2D eigenvalue weighted by Crippen LogP contribution is 2.41. The Bertz CT molecular complexity index is 1500. The van der Waals surface area contributed by atoms with E-state index in [0.717, 1.165) is 91.2 Å². The van der Waals surface area contributed by atoms with Gasteiger partial charge in [-0.1, -0.05) is 6.07 Å². The van der Waals surface area contributed by atoms with Crippen molar-refractivity contribution in [1.29, 1.82) is 0 Å². The highest BCUT2D eigenvalue weighted by atomic mass is 16.5. The average Bonchev–Trinajstić information content (AvgIpc) is 3.37. The topological polar surface area (TPSA) is 86.4 Å². The van der Waals surface area contributed by atoms with Crippen LogP contribution in [0.3, 0.4) is 0 Å². The molecule has 0 amide bonds. The molecule has 2 N–H and O–H groups in total. The van der Waals surface area contributed by atoms with E-state index < -0.39 is 0 Å². The van der Waals surface area contributed by atoms with Crippen LogP contribution in [-0.4, -0.2) is 77.6 Å². The zero-order chi connectivity index (χ0) is 25.7. The number of ether oxygens (including phenoxy) is 1. The maximum atomic E-state index is 13.0. The van der Waals surface area contributed by atoms with Crippen molar-refractivity contribution in [1.82, 2.24) is 25.2 Å². The Labute approximate surface area is 222 Å². The number of aromatic nitrogens is 3. The molecule has 6 heterocycles. The Kier molecular flexibility index (Phi) is 5.67. The van der Waals surface area contributed by atoms with Crippen molar-refractivity contribution in [2.75, 3.05) is 51.2 Å². The smallest absolute Gasteiger partial charge is 0.170 e. The molecule has 8 nitrogen and oxygen atoms in total. The third-order valence-electron chi connectivity index (χ3n) is 8.36. The second kappa shape index (κ2) is 9.22. The Hall–Kier alpha value is -3.75.